The summed E-state index contributed by atoms with van der Waals surface area (Å²) in [6.07, 6.45) is 0. The molecule has 57 heavy (non-hydrogen) atoms. The van der Waals surface area contributed by atoms with Crippen molar-refractivity contribution in [2.75, 3.05) is 0 Å². The van der Waals surface area contributed by atoms with E-state index in [1.165, 1.54) is 66.1 Å². The van der Waals surface area contributed by atoms with E-state index in [1.807, 2.05) is 0 Å². The maximum Gasteiger partial charge on any atom is 0.159 e. The van der Waals surface area contributed by atoms with Crippen molar-refractivity contribution < 1.29 is 0 Å². The Bertz CT molecular complexity index is 2920. The highest BCUT2D eigenvalue weighted by atomic mass is 28.3. The highest BCUT2D eigenvalue weighted by Crippen LogP contribution is 2.39. The molecule has 8 aromatic carbocycles. The second-order valence-corrected chi connectivity index (χ2v) is 19.7. The van der Waals surface area contributed by atoms with Gasteiger partial charge in [-0.15, -0.1) is 0 Å². The third-order valence-electron chi connectivity index (χ3n) is 11.5. The van der Waals surface area contributed by atoms with Crippen molar-refractivity contribution >= 4 is 18.6 Å². The molecule has 0 spiro atoms. The fourth-order valence-corrected chi connectivity index (χ4v) is 11.4. The summed E-state index contributed by atoms with van der Waals surface area (Å²) in [4.78, 5) is 10.9. The monoisotopic (exact) mass is 744 g/mol. The van der Waals surface area contributed by atoms with Crippen LogP contribution in [0.5, 0.6) is 0 Å². The third-order valence-corrected chi connectivity index (χ3v) is 14.8. The Balaban J connectivity index is 1.07. The molecule has 9 aromatic rings. The van der Waals surface area contributed by atoms with E-state index in [1.54, 1.807) is 0 Å². The van der Waals surface area contributed by atoms with Gasteiger partial charge in [0.2, 0.25) is 0 Å². The molecule has 10 rings (SSSR count). The average Bonchev–Trinajstić information content (AvgIpc) is 3.52. The summed E-state index contributed by atoms with van der Waals surface area (Å²) in [5.41, 5.74) is 17.5. The van der Waals surface area contributed by atoms with Crippen molar-refractivity contribution in [1.82, 2.24) is 9.97 Å². The van der Waals surface area contributed by atoms with Crippen LogP contribution >= 0.6 is 0 Å². The Morgan fingerprint density at radius 3 is 1.42 bits per heavy atom. The van der Waals surface area contributed by atoms with Gasteiger partial charge in [0.1, 0.15) is 8.07 Å². The van der Waals surface area contributed by atoms with Gasteiger partial charge in [-0.25, -0.2) is 9.97 Å². The van der Waals surface area contributed by atoms with Crippen molar-refractivity contribution in [2.24, 2.45) is 0 Å². The highest BCUT2D eigenvalue weighted by Gasteiger charge is 2.41. The van der Waals surface area contributed by atoms with E-state index in [0.717, 1.165) is 33.8 Å². The van der Waals surface area contributed by atoms with E-state index in [0.29, 0.717) is 0 Å². The summed E-state index contributed by atoms with van der Waals surface area (Å²) < 4.78 is 0. The van der Waals surface area contributed by atoms with Crippen molar-refractivity contribution in [2.45, 2.75) is 13.1 Å². The van der Waals surface area contributed by atoms with E-state index in [-0.39, 0.29) is 0 Å². The molecule has 0 N–H and O–H groups in total. The Morgan fingerprint density at radius 1 is 0.316 bits per heavy atom. The van der Waals surface area contributed by atoms with Gasteiger partial charge in [0.15, 0.2) is 5.82 Å². The summed E-state index contributed by atoms with van der Waals surface area (Å²) in [7, 11) is -2.12. The first-order valence-electron chi connectivity index (χ1n) is 19.7. The number of aromatic nitrogens is 2. The maximum absolute atomic E-state index is 5.48. The van der Waals surface area contributed by atoms with E-state index in [2.05, 4.69) is 219 Å². The molecule has 3 heteroatoms. The lowest BCUT2D eigenvalue weighted by Crippen LogP contribution is -2.50. The lowest BCUT2D eigenvalue weighted by atomic mass is 9.90. The van der Waals surface area contributed by atoms with Crippen molar-refractivity contribution in [3.05, 3.63) is 206 Å². The molecule has 0 aliphatic carbocycles. The summed E-state index contributed by atoms with van der Waals surface area (Å²) in [6.45, 7) is 4.85. The molecule has 0 bridgehead atoms. The van der Waals surface area contributed by atoms with Crippen LogP contribution in [0.2, 0.25) is 13.1 Å². The smallest absolute Gasteiger partial charge is 0.159 e. The number of nitrogens with zero attached hydrogens (tertiary/aromatic N) is 2. The number of rotatable bonds is 7. The number of hydrogen-bond acceptors (Lipinski definition) is 2. The molecular weight excluding hydrogens is 705 g/mol. The van der Waals surface area contributed by atoms with Crippen molar-refractivity contribution in [3.63, 3.8) is 0 Å². The van der Waals surface area contributed by atoms with Crippen LogP contribution in [0.25, 0.3) is 89.4 Å². The van der Waals surface area contributed by atoms with Crippen molar-refractivity contribution in [3.8, 4) is 89.4 Å². The Hall–Kier alpha value is -6.94. The molecule has 1 aliphatic rings. The second-order valence-electron chi connectivity index (χ2n) is 15.4. The van der Waals surface area contributed by atoms with Gasteiger partial charge in [0, 0.05) is 22.0 Å². The zero-order chi connectivity index (χ0) is 38.3. The van der Waals surface area contributed by atoms with Crippen LogP contribution in [-0.4, -0.2) is 18.0 Å². The quantitative estimate of drug-likeness (QED) is 0.152. The largest absolute Gasteiger partial charge is 0.237 e. The van der Waals surface area contributed by atoms with Gasteiger partial charge in [0.05, 0.1) is 5.69 Å². The summed E-state index contributed by atoms with van der Waals surface area (Å²) >= 11 is 0. The van der Waals surface area contributed by atoms with Gasteiger partial charge >= 0.3 is 0 Å². The zero-order valence-corrected chi connectivity index (χ0v) is 33.0. The Morgan fingerprint density at radius 2 is 0.772 bits per heavy atom. The molecule has 0 saturated carbocycles. The van der Waals surface area contributed by atoms with E-state index < -0.39 is 8.07 Å². The number of fused-ring (bicyclic) bond motifs is 3. The van der Waals surface area contributed by atoms with Gasteiger partial charge < -0.3 is 0 Å². The predicted molar refractivity (Wildman–Crippen MR) is 242 cm³/mol. The number of benzene rings is 8. The first-order chi connectivity index (χ1) is 28.0. The van der Waals surface area contributed by atoms with Crippen LogP contribution in [0.4, 0.5) is 0 Å². The molecule has 1 aromatic heterocycles. The maximum atomic E-state index is 5.48. The van der Waals surface area contributed by atoms with Crippen LogP contribution in [0.15, 0.2) is 206 Å². The number of hydrogen-bond donors (Lipinski definition) is 0. The van der Waals surface area contributed by atoms with Gasteiger partial charge in [-0.1, -0.05) is 195 Å². The molecule has 270 valence electrons. The molecule has 0 radical (unpaired) electrons. The minimum Gasteiger partial charge on any atom is -0.237 e. The van der Waals surface area contributed by atoms with Gasteiger partial charge in [0.25, 0.3) is 0 Å². The summed E-state index contributed by atoms with van der Waals surface area (Å²) in [5.74, 6) is 0.768. The van der Waals surface area contributed by atoms with Crippen LogP contribution in [0, 0.1) is 0 Å². The lowest BCUT2D eigenvalue weighted by molar-refractivity contribution is 1.21. The van der Waals surface area contributed by atoms with Crippen LogP contribution in [0.3, 0.4) is 0 Å². The molecule has 2 heterocycles. The molecule has 0 atom stereocenters. The second kappa shape index (κ2) is 14.3. The molecule has 1 aliphatic heterocycles. The Kier molecular flexibility index (Phi) is 8.66. The van der Waals surface area contributed by atoms with Crippen LogP contribution < -0.4 is 10.5 Å². The first-order valence-corrected chi connectivity index (χ1v) is 22.7. The van der Waals surface area contributed by atoms with Gasteiger partial charge in [-0.2, -0.15) is 0 Å². The van der Waals surface area contributed by atoms with E-state index in [9.17, 15) is 0 Å². The highest BCUT2D eigenvalue weighted by molar-refractivity contribution is 7.03. The lowest BCUT2D eigenvalue weighted by Gasteiger charge is -2.19. The Labute approximate surface area is 335 Å². The summed E-state index contributed by atoms with van der Waals surface area (Å²) in [6, 6.07) is 74.2. The fraction of sp³-hybridized carbons (Fsp3) is 0.0370. The van der Waals surface area contributed by atoms with Gasteiger partial charge in [-0.3, -0.25) is 0 Å². The zero-order valence-electron chi connectivity index (χ0n) is 32.0. The van der Waals surface area contributed by atoms with Crippen molar-refractivity contribution in [1.29, 1.82) is 0 Å². The minimum atomic E-state index is -2.12. The molecule has 2 nitrogen and oxygen atoms in total. The SMILES string of the molecule is C[Si]1(C)c2ccccc2-c2c(-c3cccc(-c4ccccc4)c3)nc(-c3cccc(-c4cccc(-c5ccc(-c6ccccc6)c(-c6ccccc6)c5)c4)c3)nc21. The first kappa shape index (κ1) is 34.5. The molecule has 0 unspecified atom stereocenters. The fourth-order valence-electron chi connectivity index (χ4n) is 8.52. The van der Waals surface area contributed by atoms with E-state index >= 15 is 0 Å². The summed E-state index contributed by atoms with van der Waals surface area (Å²) in [5, 5.41) is 2.62. The molecule has 0 saturated heterocycles. The van der Waals surface area contributed by atoms with Gasteiger partial charge in [-0.05, 0) is 90.7 Å². The normalized spacial score (nSPS) is 12.5. The van der Waals surface area contributed by atoms with Crippen LogP contribution in [-0.2, 0) is 0 Å². The molecule has 0 fully saturated rings. The van der Waals surface area contributed by atoms with Crippen LogP contribution in [0.1, 0.15) is 0 Å². The average molecular weight is 745 g/mol. The standard InChI is InChI=1S/C54H40N2Si/c1-57(2)50-30-13-12-29-48(50)51-52(45-27-15-23-40(34-45)37-17-6-3-7-18-37)55-53(56-54(51)57)46-28-16-26-43(35-46)41-24-14-25-42(33-41)44-31-32-47(38-19-8-4-9-20-38)49(36-44)39-21-10-5-11-22-39/h3-36H,1-2H3. The minimum absolute atomic E-state index is 0.768. The predicted octanol–water partition coefficient (Wildman–Crippen LogP) is 12.9. The van der Waals surface area contributed by atoms with E-state index in [4.69, 9.17) is 9.97 Å². The molecule has 0 amide bonds. The topological polar surface area (TPSA) is 25.8 Å². The third kappa shape index (κ3) is 6.32. The molecular formula is C54H40N2Si.